The maximum absolute atomic E-state index is 5.06. The van der Waals surface area contributed by atoms with Crippen LogP contribution in [-0.2, 0) is 0 Å². The van der Waals surface area contributed by atoms with Crippen LogP contribution in [0.4, 0.5) is 5.69 Å². The Kier molecular flexibility index (Phi) is 4.79. The van der Waals surface area contributed by atoms with Gasteiger partial charge in [-0.05, 0) is 37.7 Å². The zero-order valence-electron chi connectivity index (χ0n) is 9.63. The van der Waals surface area contributed by atoms with Crippen LogP contribution in [0, 0.1) is 13.8 Å². The van der Waals surface area contributed by atoms with E-state index in [2.05, 4.69) is 48.7 Å². The third-order valence-corrected chi connectivity index (χ3v) is 2.35. The van der Waals surface area contributed by atoms with Crippen molar-refractivity contribution >= 4 is 23.0 Å². The lowest BCUT2D eigenvalue weighted by atomic mass is 10.1. The first-order valence-electron chi connectivity index (χ1n) is 5.11. The first kappa shape index (κ1) is 12.5. The minimum absolute atomic E-state index is 0.555. The van der Waals surface area contributed by atoms with Gasteiger partial charge in [0, 0.05) is 6.54 Å². The molecule has 0 spiro atoms. The molecule has 3 nitrogen and oxygen atoms in total. The van der Waals surface area contributed by atoms with Crippen molar-refractivity contribution < 1.29 is 0 Å². The van der Waals surface area contributed by atoms with Gasteiger partial charge in [0.15, 0.2) is 5.11 Å². The summed E-state index contributed by atoms with van der Waals surface area (Å²) < 4.78 is 0. The van der Waals surface area contributed by atoms with E-state index in [0.717, 1.165) is 5.69 Å². The Morgan fingerprint density at radius 1 is 1.44 bits per heavy atom. The summed E-state index contributed by atoms with van der Waals surface area (Å²) in [5, 5.41) is 3.53. The Morgan fingerprint density at radius 3 is 2.81 bits per heavy atom. The minimum atomic E-state index is 0.555. The number of thiocarbonyl (C=S) groups is 1. The number of hydrogen-bond donors (Lipinski definition) is 3. The molecule has 0 aliphatic rings. The second-order valence-electron chi connectivity index (χ2n) is 3.57. The molecule has 0 bridgehead atoms. The van der Waals surface area contributed by atoms with Crippen LogP contribution in [0.25, 0.3) is 0 Å². The van der Waals surface area contributed by atoms with E-state index in [9.17, 15) is 0 Å². The molecule has 1 rings (SSSR count). The van der Waals surface area contributed by atoms with Gasteiger partial charge in [-0.1, -0.05) is 23.8 Å². The molecule has 0 amide bonds. The lowest BCUT2D eigenvalue weighted by Gasteiger charge is -2.13. The van der Waals surface area contributed by atoms with Crippen molar-refractivity contribution in [3.05, 3.63) is 42.0 Å². The zero-order valence-corrected chi connectivity index (χ0v) is 10.4. The first-order chi connectivity index (χ1) is 7.63. The van der Waals surface area contributed by atoms with Gasteiger partial charge in [0.25, 0.3) is 0 Å². The number of rotatable bonds is 4. The van der Waals surface area contributed by atoms with Crippen LogP contribution in [0.2, 0.25) is 0 Å². The molecule has 16 heavy (non-hydrogen) atoms. The quantitative estimate of drug-likeness (QED) is 0.425. The normalized spacial score (nSPS) is 9.38. The lowest BCUT2D eigenvalue weighted by Crippen LogP contribution is -2.38. The highest BCUT2D eigenvalue weighted by Gasteiger charge is 1.98. The third kappa shape index (κ3) is 3.90. The Bertz CT molecular complexity index is 388. The molecule has 0 aliphatic heterocycles. The van der Waals surface area contributed by atoms with Gasteiger partial charge in [-0.25, -0.2) is 0 Å². The third-order valence-electron chi connectivity index (χ3n) is 2.10. The molecule has 0 aromatic heterocycles. The molecule has 0 heterocycles. The van der Waals surface area contributed by atoms with E-state index in [4.69, 9.17) is 12.2 Å². The number of hydrogen-bond acceptors (Lipinski definition) is 2. The molecule has 1 aromatic carbocycles. The lowest BCUT2D eigenvalue weighted by molar-refractivity contribution is 0.977. The first-order valence-corrected chi connectivity index (χ1v) is 5.52. The fourth-order valence-electron chi connectivity index (χ4n) is 1.29. The summed E-state index contributed by atoms with van der Waals surface area (Å²) in [6.45, 7) is 8.38. The number of anilines is 1. The van der Waals surface area contributed by atoms with Crippen molar-refractivity contribution in [1.82, 2.24) is 10.7 Å². The van der Waals surface area contributed by atoms with Crippen molar-refractivity contribution in [1.29, 1.82) is 0 Å². The summed E-state index contributed by atoms with van der Waals surface area (Å²) in [7, 11) is 0. The molecule has 0 atom stereocenters. The van der Waals surface area contributed by atoms with E-state index >= 15 is 0 Å². The molecule has 86 valence electrons. The van der Waals surface area contributed by atoms with Gasteiger partial charge in [-0.2, -0.15) is 0 Å². The molecule has 0 radical (unpaired) electrons. The van der Waals surface area contributed by atoms with E-state index < -0.39 is 0 Å². The Hall–Kier alpha value is -1.55. The molecular formula is C12H17N3S. The van der Waals surface area contributed by atoms with E-state index in [1.807, 2.05) is 6.07 Å². The van der Waals surface area contributed by atoms with Gasteiger partial charge in [0.05, 0.1) is 5.69 Å². The monoisotopic (exact) mass is 235 g/mol. The summed E-state index contributed by atoms with van der Waals surface area (Å²) in [4.78, 5) is 0. The van der Waals surface area contributed by atoms with Crippen LogP contribution >= 0.6 is 12.2 Å². The van der Waals surface area contributed by atoms with Gasteiger partial charge in [0.1, 0.15) is 0 Å². The van der Waals surface area contributed by atoms with Gasteiger partial charge in [0.2, 0.25) is 0 Å². The molecule has 0 saturated heterocycles. The Labute approximate surface area is 102 Å². The fourth-order valence-corrected chi connectivity index (χ4v) is 1.42. The highest BCUT2D eigenvalue weighted by atomic mass is 32.1. The SMILES string of the molecule is C=CCNC(=S)NNc1ccc(C)cc1C. The van der Waals surface area contributed by atoms with Crippen molar-refractivity contribution in [2.24, 2.45) is 0 Å². The average molecular weight is 235 g/mol. The Balaban J connectivity index is 2.48. The number of aryl methyl sites for hydroxylation is 2. The van der Waals surface area contributed by atoms with Crippen molar-refractivity contribution in [2.75, 3.05) is 12.0 Å². The molecule has 1 aromatic rings. The number of hydrazine groups is 1. The van der Waals surface area contributed by atoms with Gasteiger partial charge in [-0.3, -0.25) is 10.9 Å². The molecule has 0 fully saturated rings. The molecule has 0 unspecified atom stereocenters. The van der Waals surface area contributed by atoms with Crippen molar-refractivity contribution in [2.45, 2.75) is 13.8 Å². The molecule has 0 aliphatic carbocycles. The molecule has 0 saturated carbocycles. The van der Waals surface area contributed by atoms with Gasteiger partial charge in [-0.15, -0.1) is 6.58 Å². The zero-order chi connectivity index (χ0) is 12.0. The largest absolute Gasteiger partial charge is 0.358 e. The maximum atomic E-state index is 5.06. The van der Waals surface area contributed by atoms with Crippen LogP contribution in [0.3, 0.4) is 0 Å². The van der Waals surface area contributed by atoms with E-state index in [0.29, 0.717) is 11.7 Å². The van der Waals surface area contributed by atoms with Gasteiger partial charge >= 0.3 is 0 Å². The van der Waals surface area contributed by atoms with Crippen LogP contribution in [0.1, 0.15) is 11.1 Å². The van der Waals surface area contributed by atoms with Crippen molar-refractivity contribution in [3.63, 3.8) is 0 Å². The smallest absolute Gasteiger partial charge is 0.185 e. The second kappa shape index (κ2) is 6.12. The highest BCUT2D eigenvalue weighted by molar-refractivity contribution is 7.80. The Morgan fingerprint density at radius 2 is 2.19 bits per heavy atom. The summed E-state index contributed by atoms with van der Waals surface area (Å²) in [5.41, 5.74) is 9.42. The summed E-state index contributed by atoms with van der Waals surface area (Å²) in [6, 6.07) is 6.19. The van der Waals surface area contributed by atoms with E-state index in [-0.39, 0.29) is 0 Å². The number of benzene rings is 1. The predicted octanol–water partition coefficient (Wildman–Crippen LogP) is 2.28. The van der Waals surface area contributed by atoms with E-state index in [1.54, 1.807) is 6.08 Å². The van der Waals surface area contributed by atoms with Crippen molar-refractivity contribution in [3.8, 4) is 0 Å². The average Bonchev–Trinajstić information content (AvgIpc) is 2.25. The standard InChI is InChI=1S/C12H17N3S/c1-4-7-13-12(16)15-14-11-6-5-9(2)8-10(11)3/h4-6,8,14H,1,7H2,2-3H3,(H2,13,15,16). The van der Waals surface area contributed by atoms with Crippen LogP contribution in [0.5, 0.6) is 0 Å². The summed E-state index contributed by atoms with van der Waals surface area (Å²) >= 11 is 5.06. The topological polar surface area (TPSA) is 36.1 Å². The fraction of sp³-hybridized carbons (Fsp3) is 0.250. The molecule has 4 heteroatoms. The van der Waals surface area contributed by atoms with E-state index in [1.165, 1.54) is 11.1 Å². The second-order valence-corrected chi connectivity index (χ2v) is 3.98. The summed E-state index contributed by atoms with van der Waals surface area (Å²) in [6.07, 6.45) is 1.76. The molecular weight excluding hydrogens is 218 g/mol. The molecule has 3 N–H and O–H groups in total. The van der Waals surface area contributed by atoms with Crippen LogP contribution in [-0.4, -0.2) is 11.7 Å². The number of nitrogens with one attached hydrogen (secondary N) is 3. The maximum Gasteiger partial charge on any atom is 0.185 e. The predicted molar refractivity (Wildman–Crippen MR) is 73.5 cm³/mol. The summed E-state index contributed by atoms with van der Waals surface area (Å²) in [5.74, 6) is 0. The highest BCUT2D eigenvalue weighted by Crippen LogP contribution is 2.14. The minimum Gasteiger partial charge on any atom is -0.358 e. The van der Waals surface area contributed by atoms with Crippen LogP contribution < -0.4 is 16.2 Å². The van der Waals surface area contributed by atoms with Gasteiger partial charge < -0.3 is 5.32 Å². The van der Waals surface area contributed by atoms with Crippen LogP contribution in [0.15, 0.2) is 30.9 Å².